The highest BCUT2D eigenvalue weighted by molar-refractivity contribution is 9.09. The van der Waals surface area contributed by atoms with Gasteiger partial charge in [-0.2, -0.15) is 0 Å². The van der Waals surface area contributed by atoms with Crippen LogP contribution < -0.4 is 0 Å². The summed E-state index contributed by atoms with van der Waals surface area (Å²) in [6, 6.07) is 0. The molecule has 4 rings (SSSR count). The van der Waals surface area contributed by atoms with Gasteiger partial charge in [-0.15, -0.1) is 0 Å². The van der Waals surface area contributed by atoms with Gasteiger partial charge in [0.1, 0.15) is 6.10 Å². The van der Waals surface area contributed by atoms with Crippen molar-refractivity contribution in [3.63, 3.8) is 0 Å². The van der Waals surface area contributed by atoms with Gasteiger partial charge in [0.05, 0.1) is 0 Å². The monoisotopic (exact) mass is 452 g/mol. The Kier molecular flexibility index (Phi) is 5.97. The number of ether oxygens (including phenoxy) is 1. The summed E-state index contributed by atoms with van der Waals surface area (Å²) >= 11 is 3.69. The Morgan fingerprint density at radius 2 is 1.75 bits per heavy atom. The van der Waals surface area contributed by atoms with E-state index in [1.165, 1.54) is 51.4 Å². The predicted octanol–water partition coefficient (Wildman–Crippen LogP) is 7.00. The standard InChI is InChI=1S/C25H41BrO2/c1-16(11-14-26)21-7-8-22-20-6-5-18-15-19(28-17(2)27)9-12-24(18,3)23(20)10-13-25(21,22)4/h16,18-23H,5-15H2,1-4H3/t16-,18-,19-,20+,21-,22+,23+,24+,25-/m1/s1. The molecule has 4 fully saturated rings. The van der Waals surface area contributed by atoms with Crippen LogP contribution in [0.2, 0.25) is 0 Å². The molecular weight excluding hydrogens is 412 g/mol. The number of hydrogen-bond donors (Lipinski definition) is 0. The molecule has 0 bridgehead atoms. The van der Waals surface area contributed by atoms with E-state index in [0.717, 1.165) is 53.7 Å². The molecule has 2 nitrogen and oxygen atoms in total. The van der Waals surface area contributed by atoms with Crippen molar-refractivity contribution in [3.8, 4) is 0 Å². The van der Waals surface area contributed by atoms with E-state index in [-0.39, 0.29) is 12.1 Å². The van der Waals surface area contributed by atoms with Gasteiger partial charge in [-0.25, -0.2) is 0 Å². The van der Waals surface area contributed by atoms with E-state index in [1.54, 1.807) is 6.92 Å². The first-order chi connectivity index (χ1) is 13.3. The van der Waals surface area contributed by atoms with Crippen LogP contribution in [0.1, 0.15) is 91.9 Å². The second kappa shape index (κ2) is 7.89. The van der Waals surface area contributed by atoms with Gasteiger partial charge in [0.25, 0.3) is 0 Å². The minimum absolute atomic E-state index is 0.0923. The van der Waals surface area contributed by atoms with Crippen LogP contribution in [-0.2, 0) is 9.53 Å². The molecule has 0 aromatic heterocycles. The molecule has 0 spiro atoms. The average molecular weight is 454 g/mol. The van der Waals surface area contributed by atoms with E-state index < -0.39 is 0 Å². The summed E-state index contributed by atoms with van der Waals surface area (Å²) in [5.41, 5.74) is 1.07. The molecule has 0 saturated heterocycles. The van der Waals surface area contributed by atoms with Gasteiger partial charge in [0.15, 0.2) is 0 Å². The number of esters is 1. The molecule has 0 aromatic rings. The number of carbonyl (C=O) groups excluding carboxylic acids is 1. The maximum atomic E-state index is 11.4. The SMILES string of the molecule is CC(=O)O[C@@H]1CC[C@@]2(C)[C@H](CC[C@@H]3[C@@H]2CC[C@]2(C)[C@@H]([C@H](C)CCBr)CC[C@@H]32)C1. The van der Waals surface area contributed by atoms with Crippen molar-refractivity contribution in [1.29, 1.82) is 0 Å². The molecule has 0 aromatic carbocycles. The highest BCUT2D eigenvalue weighted by Gasteiger charge is 2.60. The summed E-state index contributed by atoms with van der Waals surface area (Å²) in [5, 5.41) is 1.15. The molecule has 3 heteroatoms. The van der Waals surface area contributed by atoms with Gasteiger partial charge in [0, 0.05) is 12.3 Å². The summed E-state index contributed by atoms with van der Waals surface area (Å²) in [4.78, 5) is 11.4. The Bertz CT molecular complexity index is 591. The lowest BCUT2D eigenvalue weighted by atomic mass is 9.44. The highest BCUT2D eigenvalue weighted by atomic mass is 79.9. The summed E-state index contributed by atoms with van der Waals surface area (Å²) < 4.78 is 5.63. The molecule has 0 aliphatic heterocycles. The highest BCUT2D eigenvalue weighted by Crippen LogP contribution is 2.68. The predicted molar refractivity (Wildman–Crippen MR) is 118 cm³/mol. The number of hydrogen-bond acceptors (Lipinski definition) is 2. The van der Waals surface area contributed by atoms with Gasteiger partial charge in [-0.1, -0.05) is 36.7 Å². The van der Waals surface area contributed by atoms with Crippen LogP contribution in [0.5, 0.6) is 0 Å². The van der Waals surface area contributed by atoms with E-state index in [1.807, 2.05) is 0 Å². The van der Waals surface area contributed by atoms with Crippen molar-refractivity contribution < 1.29 is 9.53 Å². The fraction of sp³-hybridized carbons (Fsp3) is 0.960. The first kappa shape index (κ1) is 21.2. The Hall–Kier alpha value is -0.0500. The second-order valence-electron chi connectivity index (χ2n) is 11.3. The first-order valence-electron chi connectivity index (χ1n) is 12.0. The fourth-order valence-electron chi connectivity index (χ4n) is 8.91. The number of alkyl halides is 1. The lowest BCUT2D eigenvalue weighted by molar-refractivity contribution is -0.160. The van der Waals surface area contributed by atoms with Gasteiger partial charge in [-0.05, 0) is 111 Å². The van der Waals surface area contributed by atoms with E-state index in [9.17, 15) is 4.79 Å². The minimum Gasteiger partial charge on any atom is -0.463 e. The Morgan fingerprint density at radius 3 is 2.46 bits per heavy atom. The van der Waals surface area contributed by atoms with Crippen LogP contribution in [0.15, 0.2) is 0 Å². The molecule has 160 valence electrons. The van der Waals surface area contributed by atoms with Gasteiger partial charge in [-0.3, -0.25) is 4.79 Å². The van der Waals surface area contributed by atoms with Gasteiger partial charge >= 0.3 is 5.97 Å². The van der Waals surface area contributed by atoms with Crippen molar-refractivity contribution in [2.45, 2.75) is 98.0 Å². The maximum absolute atomic E-state index is 11.4. The molecule has 0 radical (unpaired) electrons. The number of carbonyl (C=O) groups is 1. The van der Waals surface area contributed by atoms with Crippen molar-refractivity contribution in [2.24, 2.45) is 46.3 Å². The Balaban J connectivity index is 1.50. The molecule has 0 heterocycles. The van der Waals surface area contributed by atoms with Gasteiger partial charge in [0.2, 0.25) is 0 Å². The molecule has 0 N–H and O–H groups in total. The van der Waals surface area contributed by atoms with Crippen LogP contribution in [0.3, 0.4) is 0 Å². The second-order valence-corrected chi connectivity index (χ2v) is 12.1. The number of fused-ring (bicyclic) bond motifs is 5. The molecule has 4 aliphatic carbocycles. The zero-order valence-electron chi connectivity index (χ0n) is 18.5. The lowest BCUT2D eigenvalue weighted by Crippen LogP contribution is -2.54. The zero-order chi connectivity index (χ0) is 20.1. The van der Waals surface area contributed by atoms with E-state index in [0.29, 0.717) is 10.8 Å². The third-order valence-electron chi connectivity index (χ3n) is 10.3. The van der Waals surface area contributed by atoms with E-state index in [2.05, 4.69) is 36.7 Å². The Morgan fingerprint density at radius 1 is 1.04 bits per heavy atom. The van der Waals surface area contributed by atoms with E-state index >= 15 is 0 Å². The van der Waals surface area contributed by atoms with Crippen LogP contribution >= 0.6 is 15.9 Å². The summed E-state index contributed by atoms with van der Waals surface area (Å²) in [6.07, 6.45) is 13.6. The van der Waals surface area contributed by atoms with Gasteiger partial charge < -0.3 is 4.74 Å². The van der Waals surface area contributed by atoms with Crippen LogP contribution in [-0.4, -0.2) is 17.4 Å². The molecule has 0 amide bonds. The van der Waals surface area contributed by atoms with E-state index in [4.69, 9.17) is 4.74 Å². The third-order valence-corrected chi connectivity index (χ3v) is 10.7. The van der Waals surface area contributed by atoms with Crippen molar-refractivity contribution in [1.82, 2.24) is 0 Å². The largest absolute Gasteiger partial charge is 0.463 e. The number of rotatable bonds is 4. The summed E-state index contributed by atoms with van der Waals surface area (Å²) in [6.45, 7) is 9.36. The average Bonchev–Trinajstić information content (AvgIpc) is 2.99. The molecule has 4 saturated carbocycles. The number of halogens is 1. The van der Waals surface area contributed by atoms with Crippen molar-refractivity contribution >= 4 is 21.9 Å². The third kappa shape index (κ3) is 3.40. The molecule has 4 aliphatic rings. The maximum Gasteiger partial charge on any atom is 0.302 e. The topological polar surface area (TPSA) is 26.3 Å². The van der Waals surface area contributed by atoms with Crippen LogP contribution in [0.4, 0.5) is 0 Å². The van der Waals surface area contributed by atoms with Crippen LogP contribution in [0, 0.1) is 46.3 Å². The quantitative estimate of drug-likeness (QED) is 0.338. The summed E-state index contributed by atoms with van der Waals surface area (Å²) in [7, 11) is 0. The lowest BCUT2D eigenvalue weighted by Gasteiger charge is -2.61. The first-order valence-corrected chi connectivity index (χ1v) is 13.1. The van der Waals surface area contributed by atoms with Crippen LogP contribution in [0.25, 0.3) is 0 Å². The zero-order valence-corrected chi connectivity index (χ0v) is 20.1. The molecule has 9 atom stereocenters. The summed E-state index contributed by atoms with van der Waals surface area (Å²) in [5.74, 6) is 5.28. The molecule has 28 heavy (non-hydrogen) atoms. The normalized spacial score (nSPS) is 48.9. The minimum atomic E-state index is -0.0923. The fourth-order valence-corrected chi connectivity index (χ4v) is 9.63. The Labute approximate surface area is 181 Å². The van der Waals surface area contributed by atoms with Crippen molar-refractivity contribution in [2.75, 3.05) is 5.33 Å². The smallest absolute Gasteiger partial charge is 0.302 e. The molecular formula is C25H41BrO2. The molecule has 0 unspecified atom stereocenters. The van der Waals surface area contributed by atoms with Crippen molar-refractivity contribution in [3.05, 3.63) is 0 Å².